The fraction of sp³-hybridized carbons (Fsp3) is 0.750. The summed E-state index contributed by atoms with van der Waals surface area (Å²) in [6.07, 6.45) is 1.78. The molecule has 7 nitrogen and oxygen atoms in total. The zero-order valence-corrected chi connectivity index (χ0v) is 11.3. The molecule has 0 bridgehead atoms. The van der Waals surface area contributed by atoms with Gasteiger partial charge >= 0.3 is 12.0 Å². The number of nitrogens with one attached hydrogen (secondary N) is 3. The number of rotatable bonds is 6. The van der Waals surface area contributed by atoms with Crippen molar-refractivity contribution in [2.45, 2.75) is 51.1 Å². The van der Waals surface area contributed by atoms with Gasteiger partial charge in [0, 0.05) is 19.0 Å². The van der Waals surface area contributed by atoms with Gasteiger partial charge in [-0.1, -0.05) is 13.8 Å². The van der Waals surface area contributed by atoms with Crippen molar-refractivity contribution in [3.8, 4) is 0 Å². The van der Waals surface area contributed by atoms with Crippen molar-refractivity contribution in [3.05, 3.63) is 0 Å². The third kappa shape index (κ3) is 3.84. The molecule has 0 aromatic rings. The van der Waals surface area contributed by atoms with Crippen molar-refractivity contribution < 1.29 is 19.5 Å². The number of hydrogen-bond donors (Lipinski definition) is 4. The second-order valence-corrected chi connectivity index (χ2v) is 4.73. The number of hydrogen-bond acceptors (Lipinski definition) is 3. The normalized spacial score (nSPS) is 18.8. The van der Waals surface area contributed by atoms with Crippen LogP contribution in [0.5, 0.6) is 0 Å². The quantitative estimate of drug-likeness (QED) is 0.553. The molecule has 1 fully saturated rings. The summed E-state index contributed by atoms with van der Waals surface area (Å²) in [7, 11) is 0. The second-order valence-electron chi connectivity index (χ2n) is 4.73. The van der Waals surface area contributed by atoms with Crippen molar-refractivity contribution in [2.75, 3.05) is 6.54 Å². The summed E-state index contributed by atoms with van der Waals surface area (Å²) in [6, 6.07) is -0.590. The van der Waals surface area contributed by atoms with Gasteiger partial charge in [0.05, 0.1) is 0 Å². The molecule has 1 heterocycles. The SMILES string of the molecule is CCC(CC)(NC(=O)NCC1CCC(=O)N1)C(=O)O. The lowest BCUT2D eigenvalue weighted by Crippen LogP contribution is -2.57. The third-order valence-electron chi connectivity index (χ3n) is 3.56. The van der Waals surface area contributed by atoms with Crippen LogP contribution in [-0.2, 0) is 9.59 Å². The Morgan fingerprint density at radius 2 is 2.05 bits per heavy atom. The summed E-state index contributed by atoms with van der Waals surface area (Å²) in [4.78, 5) is 33.9. The van der Waals surface area contributed by atoms with Crippen molar-refractivity contribution in [1.82, 2.24) is 16.0 Å². The largest absolute Gasteiger partial charge is 0.480 e. The highest BCUT2D eigenvalue weighted by molar-refractivity contribution is 5.86. The van der Waals surface area contributed by atoms with Crippen molar-refractivity contribution >= 4 is 17.9 Å². The fourth-order valence-electron chi connectivity index (χ4n) is 2.09. The third-order valence-corrected chi connectivity index (χ3v) is 3.56. The summed E-state index contributed by atoms with van der Waals surface area (Å²) < 4.78 is 0. The molecule has 19 heavy (non-hydrogen) atoms. The number of carbonyl (C=O) groups is 3. The fourth-order valence-corrected chi connectivity index (χ4v) is 2.09. The molecule has 1 unspecified atom stereocenters. The first-order valence-electron chi connectivity index (χ1n) is 6.52. The first-order valence-corrected chi connectivity index (χ1v) is 6.52. The number of carbonyl (C=O) groups excluding carboxylic acids is 2. The molecule has 0 saturated carbocycles. The van der Waals surface area contributed by atoms with E-state index >= 15 is 0 Å². The Labute approximate surface area is 112 Å². The Hall–Kier alpha value is -1.79. The zero-order chi connectivity index (χ0) is 14.5. The molecule has 1 rings (SSSR count). The number of urea groups is 1. The van der Waals surface area contributed by atoms with Gasteiger partial charge in [-0.2, -0.15) is 0 Å². The molecule has 0 aromatic heterocycles. The standard InChI is InChI=1S/C12H21N3O4/c1-3-12(4-2,10(17)18)15-11(19)13-7-8-5-6-9(16)14-8/h8H,3-7H2,1-2H3,(H,14,16)(H,17,18)(H2,13,15,19). The minimum atomic E-state index is -1.23. The first-order chi connectivity index (χ1) is 8.93. The van der Waals surface area contributed by atoms with Crippen LogP contribution >= 0.6 is 0 Å². The van der Waals surface area contributed by atoms with Crippen molar-refractivity contribution in [2.24, 2.45) is 0 Å². The van der Waals surface area contributed by atoms with Gasteiger partial charge in [-0.3, -0.25) is 4.79 Å². The van der Waals surface area contributed by atoms with Crippen molar-refractivity contribution in [3.63, 3.8) is 0 Å². The van der Waals surface area contributed by atoms with Gasteiger partial charge in [-0.15, -0.1) is 0 Å². The van der Waals surface area contributed by atoms with E-state index in [4.69, 9.17) is 0 Å². The molecule has 1 aliphatic heterocycles. The number of amides is 3. The van der Waals surface area contributed by atoms with Crippen LogP contribution < -0.4 is 16.0 Å². The molecule has 0 spiro atoms. The van der Waals surface area contributed by atoms with Crippen LogP contribution in [0.2, 0.25) is 0 Å². The van der Waals surface area contributed by atoms with Crippen LogP contribution in [0.15, 0.2) is 0 Å². The molecule has 1 aliphatic rings. The van der Waals surface area contributed by atoms with Gasteiger partial charge in [0.15, 0.2) is 0 Å². The Morgan fingerprint density at radius 3 is 2.47 bits per heavy atom. The predicted molar refractivity (Wildman–Crippen MR) is 68.6 cm³/mol. The van der Waals surface area contributed by atoms with E-state index in [1.165, 1.54) is 0 Å². The lowest BCUT2D eigenvalue weighted by atomic mass is 9.93. The maximum absolute atomic E-state index is 11.7. The Balaban J connectivity index is 2.45. The lowest BCUT2D eigenvalue weighted by Gasteiger charge is -2.28. The molecule has 0 aliphatic carbocycles. The van der Waals surface area contributed by atoms with E-state index in [1.54, 1.807) is 13.8 Å². The number of carboxylic acid groups (broad SMARTS) is 1. The summed E-state index contributed by atoms with van der Waals surface area (Å²) in [5.41, 5.74) is -1.23. The van der Waals surface area contributed by atoms with Gasteiger partial charge in [0.25, 0.3) is 0 Å². The van der Waals surface area contributed by atoms with Crippen LogP contribution in [0.1, 0.15) is 39.5 Å². The van der Waals surface area contributed by atoms with Gasteiger partial charge in [0.1, 0.15) is 5.54 Å². The topological polar surface area (TPSA) is 108 Å². The van der Waals surface area contributed by atoms with Crippen LogP contribution in [-0.4, -0.2) is 41.1 Å². The Kier molecular flexibility index (Phi) is 5.14. The average Bonchev–Trinajstić information content (AvgIpc) is 2.79. The minimum Gasteiger partial charge on any atom is -0.480 e. The van der Waals surface area contributed by atoms with E-state index in [2.05, 4.69) is 16.0 Å². The summed E-state index contributed by atoms with van der Waals surface area (Å²) in [5, 5.41) is 17.0. The van der Waals surface area contributed by atoms with E-state index in [-0.39, 0.29) is 11.9 Å². The van der Waals surface area contributed by atoms with E-state index < -0.39 is 17.5 Å². The van der Waals surface area contributed by atoms with Gasteiger partial charge < -0.3 is 21.1 Å². The maximum Gasteiger partial charge on any atom is 0.329 e. The highest BCUT2D eigenvalue weighted by Crippen LogP contribution is 2.15. The molecule has 1 atom stereocenters. The smallest absolute Gasteiger partial charge is 0.329 e. The molecule has 108 valence electrons. The van der Waals surface area contributed by atoms with Gasteiger partial charge in [-0.25, -0.2) is 9.59 Å². The summed E-state index contributed by atoms with van der Waals surface area (Å²) in [6.45, 7) is 3.74. The summed E-state index contributed by atoms with van der Waals surface area (Å²) in [5.74, 6) is -1.06. The van der Waals surface area contributed by atoms with Crippen molar-refractivity contribution in [1.29, 1.82) is 0 Å². The molecule has 4 N–H and O–H groups in total. The second kappa shape index (κ2) is 6.40. The van der Waals surface area contributed by atoms with Gasteiger partial charge in [-0.05, 0) is 19.3 Å². The molecule has 1 saturated heterocycles. The van der Waals surface area contributed by atoms with E-state index in [1.807, 2.05) is 0 Å². The predicted octanol–water partition coefficient (Wildman–Crippen LogP) is 0.208. The van der Waals surface area contributed by atoms with Gasteiger partial charge in [0.2, 0.25) is 5.91 Å². The Bertz CT molecular complexity index is 366. The number of carboxylic acids is 1. The van der Waals surface area contributed by atoms with Crippen LogP contribution in [0.3, 0.4) is 0 Å². The van der Waals surface area contributed by atoms with E-state index in [0.29, 0.717) is 32.2 Å². The summed E-state index contributed by atoms with van der Waals surface area (Å²) >= 11 is 0. The van der Waals surface area contributed by atoms with E-state index in [9.17, 15) is 19.5 Å². The average molecular weight is 271 g/mol. The molecule has 0 radical (unpaired) electrons. The zero-order valence-electron chi connectivity index (χ0n) is 11.3. The molecule has 7 heteroatoms. The van der Waals surface area contributed by atoms with Crippen LogP contribution in [0.25, 0.3) is 0 Å². The maximum atomic E-state index is 11.7. The molecular weight excluding hydrogens is 250 g/mol. The first kappa shape index (κ1) is 15.3. The monoisotopic (exact) mass is 271 g/mol. The molecular formula is C12H21N3O4. The minimum absolute atomic E-state index is 0.0193. The molecule has 3 amide bonds. The highest BCUT2D eigenvalue weighted by atomic mass is 16.4. The van der Waals surface area contributed by atoms with E-state index in [0.717, 1.165) is 0 Å². The van der Waals surface area contributed by atoms with Crippen LogP contribution in [0.4, 0.5) is 4.79 Å². The highest BCUT2D eigenvalue weighted by Gasteiger charge is 2.36. The number of aliphatic carboxylic acids is 1. The lowest BCUT2D eigenvalue weighted by molar-refractivity contribution is -0.144. The molecule has 0 aromatic carbocycles. The van der Waals surface area contributed by atoms with Crippen LogP contribution in [0, 0.1) is 0 Å². The Morgan fingerprint density at radius 1 is 1.42 bits per heavy atom.